The van der Waals surface area contributed by atoms with Gasteiger partial charge < -0.3 is 9.30 Å². The summed E-state index contributed by atoms with van der Waals surface area (Å²) in [7, 11) is 1.60. The minimum Gasteiger partial charge on any atom is -0.495 e. The zero-order valence-electron chi connectivity index (χ0n) is 11.6. The van der Waals surface area contributed by atoms with E-state index in [4.69, 9.17) is 16.3 Å². The molecule has 104 valence electrons. The Kier molecular flexibility index (Phi) is 3.30. The van der Waals surface area contributed by atoms with Crippen LogP contribution in [-0.2, 0) is 6.42 Å². The number of Topliss-reactive ketones (excluding diaryl/α,β-unsaturated/α-hetero) is 1. The molecule has 1 aliphatic rings. The van der Waals surface area contributed by atoms with Crippen molar-refractivity contribution in [2.75, 3.05) is 7.11 Å². The van der Waals surface area contributed by atoms with E-state index >= 15 is 0 Å². The van der Waals surface area contributed by atoms with E-state index in [9.17, 15) is 4.79 Å². The predicted molar refractivity (Wildman–Crippen MR) is 79.3 cm³/mol. The van der Waals surface area contributed by atoms with E-state index in [-0.39, 0.29) is 5.78 Å². The molecule has 0 atom stereocenters. The molecule has 0 fully saturated rings. The van der Waals surface area contributed by atoms with Crippen LogP contribution in [0.1, 0.15) is 34.6 Å². The summed E-state index contributed by atoms with van der Waals surface area (Å²) in [5, 5.41) is 0.578. The van der Waals surface area contributed by atoms with Gasteiger partial charge in [0.1, 0.15) is 5.75 Å². The Labute approximate surface area is 123 Å². The average molecular weight is 290 g/mol. The second-order valence-corrected chi connectivity index (χ2v) is 5.48. The third-order valence-corrected chi connectivity index (χ3v) is 4.09. The Balaban J connectivity index is 2.15. The first kappa shape index (κ1) is 13.3. The van der Waals surface area contributed by atoms with Crippen LogP contribution in [0.2, 0.25) is 5.02 Å². The zero-order chi connectivity index (χ0) is 14.3. The number of nitrogens with zero attached hydrogens (tertiary/aromatic N) is 1. The summed E-state index contributed by atoms with van der Waals surface area (Å²) in [6.45, 7) is 2.02. The fourth-order valence-electron chi connectivity index (χ4n) is 2.88. The van der Waals surface area contributed by atoms with E-state index in [0.717, 1.165) is 35.5 Å². The average Bonchev–Trinajstić information content (AvgIpc) is 2.76. The summed E-state index contributed by atoms with van der Waals surface area (Å²) < 4.78 is 7.30. The largest absolute Gasteiger partial charge is 0.495 e. The second-order valence-electron chi connectivity index (χ2n) is 5.08. The second kappa shape index (κ2) is 4.98. The number of halogens is 1. The molecular formula is C16H16ClNO2. The number of benzene rings is 1. The van der Waals surface area contributed by atoms with E-state index in [0.29, 0.717) is 17.2 Å². The monoisotopic (exact) mass is 289 g/mol. The number of carbonyl (C=O) groups excluding carboxylic acids is 1. The molecular weight excluding hydrogens is 274 g/mol. The van der Waals surface area contributed by atoms with Gasteiger partial charge in [-0.2, -0.15) is 0 Å². The van der Waals surface area contributed by atoms with Gasteiger partial charge in [0, 0.05) is 29.1 Å². The quantitative estimate of drug-likeness (QED) is 0.838. The molecule has 2 aromatic rings. The van der Waals surface area contributed by atoms with E-state index < -0.39 is 0 Å². The number of hydrogen-bond donors (Lipinski definition) is 0. The normalized spacial score (nSPS) is 14.2. The predicted octanol–water partition coefficient (Wildman–Crippen LogP) is 3.97. The van der Waals surface area contributed by atoms with Gasteiger partial charge in [-0.25, -0.2) is 0 Å². The van der Waals surface area contributed by atoms with E-state index in [1.807, 2.05) is 31.2 Å². The summed E-state index contributed by atoms with van der Waals surface area (Å²) in [6, 6.07) is 7.69. The number of hydrogen-bond acceptors (Lipinski definition) is 2. The molecule has 20 heavy (non-hydrogen) atoms. The summed E-state index contributed by atoms with van der Waals surface area (Å²) in [4.78, 5) is 12.0. The highest BCUT2D eigenvalue weighted by atomic mass is 35.5. The van der Waals surface area contributed by atoms with Crippen LogP contribution in [-0.4, -0.2) is 17.5 Å². The maximum atomic E-state index is 12.0. The summed E-state index contributed by atoms with van der Waals surface area (Å²) in [6.07, 6.45) is 2.50. The van der Waals surface area contributed by atoms with Crippen molar-refractivity contribution in [2.24, 2.45) is 0 Å². The topological polar surface area (TPSA) is 31.2 Å². The van der Waals surface area contributed by atoms with Gasteiger partial charge in [-0.05, 0) is 44.0 Å². The Morgan fingerprint density at radius 2 is 2.05 bits per heavy atom. The van der Waals surface area contributed by atoms with Crippen molar-refractivity contribution in [3.63, 3.8) is 0 Å². The van der Waals surface area contributed by atoms with E-state index in [1.165, 1.54) is 0 Å². The number of rotatable bonds is 2. The van der Waals surface area contributed by atoms with Gasteiger partial charge in [0.25, 0.3) is 0 Å². The molecule has 0 aliphatic heterocycles. The first-order chi connectivity index (χ1) is 9.61. The number of aryl methyl sites for hydroxylation is 1. The van der Waals surface area contributed by atoms with Crippen molar-refractivity contribution >= 4 is 17.4 Å². The fraction of sp³-hybridized carbons (Fsp3) is 0.312. The van der Waals surface area contributed by atoms with Crippen molar-refractivity contribution < 1.29 is 9.53 Å². The lowest BCUT2D eigenvalue weighted by atomic mass is 9.96. The van der Waals surface area contributed by atoms with Gasteiger partial charge in [0.15, 0.2) is 5.78 Å². The van der Waals surface area contributed by atoms with Crippen LogP contribution in [0.4, 0.5) is 0 Å². The molecule has 0 amide bonds. The van der Waals surface area contributed by atoms with Crippen LogP contribution in [0.3, 0.4) is 0 Å². The van der Waals surface area contributed by atoms with Gasteiger partial charge in [0.05, 0.1) is 12.1 Å². The Morgan fingerprint density at radius 1 is 1.25 bits per heavy atom. The Hall–Kier alpha value is -1.74. The summed E-state index contributed by atoms with van der Waals surface area (Å²) >= 11 is 6.21. The number of carbonyl (C=O) groups is 1. The van der Waals surface area contributed by atoms with Crippen LogP contribution >= 0.6 is 11.6 Å². The molecule has 4 heteroatoms. The SMILES string of the molecule is COc1ccc(-n2c(C)cc3c2CCCC3=O)cc1Cl. The van der Waals surface area contributed by atoms with Gasteiger partial charge >= 0.3 is 0 Å². The molecule has 1 aliphatic carbocycles. The molecule has 0 saturated heterocycles. The molecule has 0 unspecified atom stereocenters. The highest BCUT2D eigenvalue weighted by Crippen LogP contribution is 2.31. The number of aromatic nitrogens is 1. The lowest BCUT2D eigenvalue weighted by Crippen LogP contribution is -2.12. The van der Waals surface area contributed by atoms with E-state index in [2.05, 4.69) is 4.57 Å². The third-order valence-electron chi connectivity index (χ3n) is 3.80. The summed E-state index contributed by atoms with van der Waals surface area (Å²) in [5.74, 6) is 0.901. The van der Waals surface area contributed by atoms with Crippen molar-refractivity contribution in [3.05, 3.63) is 46.2 Å². The Bertz CT molecular complexity index is 688. The maximum absolute atomic E-state index is 12.0. The third kappa shape index (κ3) is 2.02. The number of fused-ring (bicyclic) bond motifs is 1. The van der Waals surface area contributed by atoms with Crippen molar-refractivity contribution in [3.8, 4) is 11.4 Å². The summed E-state index contributed by atoms with van der Waals surface area (Å²) in [5.41, 5.74) is 4.00. The number of methoxy groups -OCH3 is 1. The van der Waals surface area contributed by atoms with Gasteiger partial charge in [0.2, 0.25) is 0 Å². The fourth-order valence-corrected chi connectivity index (χ4v) is 3.13. The standard InChI is InChI=1S/C16H16ClNO2/c1-10-8-12-14(4-3-5-15(12)19)18(10)11-6-7-16(20-2)13(17)9-11/h6-9H,3-5H2,1-2H3. The first-order valence-corrected chi connectivity index (χ1v) is 7.08. The van der Waals surface area contributed by atoms with Crippen molar-refractivity contribution in [1.82, 2.24) is 4.57 Å². The molecule has 1 aromatic carbocycles. The molecule has 0 spiro atoms. The first-order valence-electron chi connectivity index (χ1n) is 6.70. The van der Waals surface area contributed by atoms with Crippen LogP contribution < -0.4 is 4.74 Å². The number of ketones is 1. The highest BCUT2D eigenvalue weighted by molar-refractivity contribution is 6.32. The van der Waals surface area contributed by atoms with Crippen molar-refractivity contribution in [1.29, 1.82) is 0 Å². The lowest BCUT2D eigenvalue weighted by molar-refractivity contribution is 0.0972. The van der Waals surface area contributed by atoms with Gasteiger partial charge in [-0.3, -0.25) is 4.79 Å². The maximum Gasteiger partial charge on any atom is 0.164 e. The molecule has 0 N–H and O–H groups in total. The molecule has 1 heterocycles. The molecule has 1 aromatic heterocycles. The van der Waals surface area contributed by atoms with Crippen molar-refractivity contribution in [2.45, 2.75) is 26.2 Å². The van der Waals surface area contributed by atoms with E-state index in [1.54, 1.807) is 7.11 Å². The minimum atomic E-state index is 0.243. The molecule has 0 radical (unpaired) electrons. The smallest absolute Gasteiger partial charge is 0.164 e. The Morgan fingerprint density at radius 3 is 2.75 bits per heavy atom. The van der Waals surface area contributed by atoms with Crippen LogP contribution in [0.25, 0.3) is 5.69 Å². The van der Waals surface area contributed by atoms with Crippen LogP contribution in [0, 0.1) is 6.92 Å². The zero-order valence-corrected chi connectivity index (χ0v) is 12.3. The number of ether oxygens (including phenoxy) is 1. The molecule has 0 bridgehead atoms. The lowest BCUT2D eigenvalue weighted by Gasteiger charge is -2.16. The van der Waals surface area contributed by atoms with Gasteiger partial charge in [-0.1, -0.05) is 11.6 Å². The van der Waals surface area contributed by atoms with Crippen LogP contribution in [0.15, 0.2) is 24.3 Å². The highest BCUT2D eigenvalue weighted by Gasteiger charge is 2.23. The molecule has 3 rings (SSSR count). The van der Waals surface area contributed by atoms with Gasteiger partial charge in [-0.15, -0.1) is 0 Å². The minimum absolute atomic E-state index is 0.243. The molecule has 3 nitrogen and oxygen atoms in total. The molecule has 0 saturated carbocycles. The van der Waals surface area contributed by atoms with Crippen LogP contribution in [0.5, 0.6) is 5.75 Å².